The first-order chi connectivity index (χ1) is 8.28. The van der Waals surface area contributed by atoms with Gasteiger partial charge in [-0.2, -0.15) is 0 Å². The van der Waals surface area contributed by atoms with Crippen LogP contribution in [0.5, 0.6) is 11.5 Å². The second-order valence-electron chi connectivity index (χ2n) is 4.37. The quantitative estimate of drug-likeness (QED) is 0.883. The molecule has 1 atom stereocenters. The van der Waals surface area contributed by atoms with E-state index in [2.05, 4.69) is 4.90 Å². The maximum absolute atomic E-state index is 5.84. The van der Waals surface area contributed by atoms with Crippen LogP contribution < -0.4 is 15.2 Å². The Balaban J connectivity index is 0.00000162. The van der Waals surface area contributed by atoms with E-state index >= 15 is 0 Å². The summed E-state index contributed by atoms with van der Waals surface area (Å²) in [5.74, 6) is 1.73. The van der Waals surface area contributed by atoms with Gasteiger partial charge in [0.25, 0.3) is 0 Å². The Morgan fingerprint density at radius 1 is 1.28 bits per heavy atom. The Kier molecular flexibility index (Phi) is 6.25. The lowest BCUT2D eigenvalue weighted by atomic mass is 10.3. The third-order valence-corrected chi connectivity index (χ3v) is 3.04. The molecule has 0 amide bonds. The van der Waals surface area contributed by atoms with Crippen LogP contribution in [0.4, 0.5) is 0 Å². The molecule has 0 saturated carbocycles. The standard InChI is InChI=1S/C13H20N2O2.ClH/c1-16-12-2-4-13(5-3-12)17-9-8-15-7-6-11(14)10-15;/h2-5,11H,6-10,14H2,1H3;1H/t11-;/m0./s1. The molecule has 1 aliphatic rings. The Morgan fingerprint density at radius 2 is 1.94 bits per heavy atom. The van der Waals surface area contributed by atoms with E-state index in [1.54, 1.807) is 7.11 Å². The average molecular weight is 273 g/mol. The van der Waals surface area contributed by atoms with Crippen molar-refractivity contribution in [2.24, 2.45) is 5.73 Å². The first-order valence-electron chi connectivity index (χ1n) is 6.03. The zero-order valence-corrected chi connectivity index (χ0v) is 11.5. The number of hydrogen-bond acceptors (Lipinski definition) is 4. The minimum Gasteiger partial charge on any atom is -0.497 e. The topological polar surface area (TPSA) is 47.7 Å². The number of likely N-dealkylation sites (tertiary alicyclic amines) is 1. The third-order valence-electron chi connectivity index (χ3n) is 3.04. The molecule has 102 valence electrons. The molecular weight excluding hydrogens is 252 g/mol. The highest BCUT2D eigenvalue weighted by Gasteiger charge is 2.18. The molecule has 0 aliphatic carbocycles. The van der Waals surface area contributed by atoms with Crippen molar-refractivity contribution in [2.45, 2.75) is 12.5 Å². The highest BCUT2D eigenvalue weighted by molar-refractivity contribution is 5.85. The van der Waals surface area contributed by atoms with Crippen LogP contribution in [0.3, 0.4) is 0 Å². The van der Waals surface area contributed by atoms with Crippen molar-refractivity contribution in [3.63, 3.8) is 0 Å². The maximum Gasteiger partial charge on any atom is 0.119 e. The Bertz CT molecular complexity index is 345. The first kappa shape index (κ1) is 15.1. The zero-order valence-electron chi connectivity index (χ0n) is 10.7. The summed E-state index contributed by atoms with van der Waals surface area (Å²) in [6, 6.07) is 8.00. The Morgan fingerprint density at radius 3 is 2.50 bits per heavy atom. The molecule has 0 bridgehead atoms. The van der Waals surface area contributed by atoms with Gasteiger partial charge in [0, 0.05) is 19.1 Å². The van der Waals surface area contributed by atoms with Crippen LogP contribution in [0.2, 0.25) is 0 Å². The van der Waals surface area contributed by atoms with Crippen molar-refractivity contribution < 1.29 is 9.47 Å². The van der Waals surface area contributed by atoms with Crippen molar-refractivity contribution in [3.8, 4) is 11.5 Å². The predicted molar refractivity (Wildman–Crippen MR) is 74.8 cm³/mol. The second-order valence-corrected chi connectivity index (χ2v) is 4.37. The molecule has 18 heavy (non-hydrogen) atoms. The van der Waals surface area contributed by atoms with E-state index in [1.807, 2.05) is 24.3 Å². The number of nitrogens with zero attached hydrogens (tertiary/aromatic N) is 1. The summed E-state index contributed by atoms with van der Waals surface area (Å²) in [6.07, 6.45) is 1.10. The van der Waals surface area contributed by atoms with Gasteiger partial charge in [-0.25, -0.2) is 0 Å². The number of benzene rings is 1. The molecule has 1 aromatic carbocycles. The summed E-state index contributed by atoms with van der Waals surface area (Å²) in [7, 11) is 1.66. The van der Waals surface area contributed by atoms with E-state index in [0.29, 0.717) is 12.6 Å². The van der Waals surface area contributed by atoms with Crippen molar-refractivity contribution in [2.75, 3.05) is 33.4 Å². The lowest BCUT2D eigenvalue weighted by Gasteiger charge is -2.15. The van der Waals surface area contributed by atoms with Crippen LogP contribution in [0.25, 0.3) is 0 Å². The molecular formula is C13H21ClN2O2. The van der Waals surface area contributed by atoms with Gasteiger partial charge in [-0.3, -0.25) is 4.90 Å². The maximum atomic E-state index is 5.84. The summed E-state index contributed by atoms with van der Waals surface area (Å²) >= 11 is 0. The summed E-state index contributed by atoms with van der Waals surface area (Å²) < 4.78 is 10.8. The lowest BCUT2D eigenvalue weighted by Crippen LogP contribution is -2.29. The minimum absolute atomic E-state index is 0. The van der Waals surface area contributed by atoms with Gasteiger partial charge < -0.3 is 15.2 Å². The van der Waals surface area contributed by atoms with Crippen molar-refractivity contribution in [3.05, 3.63) is 24.3 Å². The number of hydrogen-bond donors (Lipinski definition) is 1. The van der Waals surface area contributed by atoms with E-state index < -0.39 is 0 Å². The van der Waals surface area contributed by atoms with Crippen LogP contribution in [-0.2, 0) is 0 Å². The summed E-state index contributed by atoms with van der Waals surface area (Å²) in [5.41, 5.74) is 5.84. The van der Waals surface area contributed by atoms with Gasteiger partial charge in [0.15, 0.2) is 0 Å². The van der Waals surface area contributed by atoms with E-state index in [0.717, 1.165) is 37.6 Å². The molecule has 1 aliphatic heterocycles. The molecule has 1 saturated heterocycles. The largest absolute Gasteiger partial charge is 0.497 e. The van der Waals surface area contributed by atoms with Gasteiger partial charge >= 0.3 is 0 Å². The van der Waals surface area contributed by atoms with Crippen LogP contribution in [-0.4, -0.2) is 44.3 Å². The molecule has 1 aromatic rings. The zero-order chi connectivity index (χ0) is 12.1. The molecule has 0 radical (unpaired) electrons. The molecule has 0 aromatic heterocycles. The van der Waals surface area contributed by atoms with E-state index in [9.17, 15) is 0 Å². The molecule has 2 rings (SSSR count). The second kappa shape index (κ2) is 7.46. The smallest absolute Gasteiger partial charge is 0.119 e. The lowest BCUT2D eigenvalue weighted by molar-refractivity contribution is 0.236. The average Bonchev–Trinajstić information content (AvgIpc) is 2.76. The van der Waals surface area contributed by atoms with Gasteiger partial charge in [-0.15, -0.1) is 12.4 Å². The highest BCUT2D eigenvalue weighted by atomic mass is 35.5. The number of methoxy groups -OCH3 is 1. The SMILES string of the molecule is COc1ccc(OCCN2CC[C@H](N)C2)cc1.Cl. The number of halogens is 1. The molecule has 4 nitrogen and oxygen atoms in total. The van der Waals surface area contributed by atoms with Gasteiger partial charge in [0.1, 0.15) is 18.1 Å². The van der Waals surface area contributed by atoms with Gasteiger partial charge in [0.05, 0.1) is 7.11 Å². The normalized spacial score (nSPS) is 19.3. The highest BCUT2D eigenvalue weighted by Crippen LogP contribution is 2.17. The number of ether oxygens (including phenoxy) is 2. The van der Waals surface area contributed by atoms with Crippen molar-refractivity contribution in [1.82, 2.24) is 4.90 Å². The Labute approximate surface area is 114 Å². The number of rotatable bonds is 5. The van der Waals surface area contributed by atoms with E-state index in [1.165, 1.54) is 0 Å². The fourth-order valence-electron chi connectivity index (χ4n) is 2.03. The third kappa shape index (κ3) is 4.37. The molecule has 2 N–H and O–H groups in total. The van der Waals surface area contributed by atoms with Gasteiger partial charge in [0.2, 0.25) is 0 Å². The summed E-state index contributed by atoms with van der Waals surface area (Å²) in [5, 5.41) is 0. The molecule has 0 spiro atoms. The van der Waals surface area contributed by atoms with Crippen LogP contribution in [0.1, 0.15) is 6.42 Å². The molecule has 5 heteroatoms. The molecule has 1 heterocycles. The summed E-state index contributed by atoms with van der Waals surface area (Å²) in [4.78, 5) is 2.34. The van der Waals surface area contributed by atoms with Crippen LogP contribution >= 0.6 is 12.4 Å². The van der Waals surface area contributed by atoms with Crippen molar-refractivity contribution in [1.29, 1.82) is 0 Å². The minimum atomic E-state index is 0. The summed E-state index contributed by atoms with van der Waals surface area (Å²) in [6.45, 7) is 3.73. The monoisotopic (exact) mass is 272 g/mol. The van der Waals surface area contributed by atoms with Crippen LogP contribution in [0, 0.1) is 0 Å². The van der Waals surface area contributed by atoms with Gasteiger partial charge in [-0.1, -0.05) is 0 Å². The van der Waals surface area contributed by atoms with E-state index in [4.69, 9.17) is 15.2 Å². The predicted octanol–water partition coefficient (Wildman–Crippen LogP) is 1.53. The van der Waals surface area contributed by atoms with E-state index in [-0.39, 0.29) is 12.4 Å². The number of nitrogens with two attached hydrogens (primary N) is 1. The van der Waals surface area contributed by atoms with Crippen LogP contribution in [0.15, 0.2) is 24.3 Å². The van der Waals surface area contributed by atoms with Crippen molar-refractivity contribution >= 4 is 12.4 Å². The molecule has 1 fully saturated rings. The Hall–Kier alpha value is -0.970. The molecule has 0 unspecified atom stereocenters. The van der Waals surface area contributed by atoms with Gasteiger partial charge in [-0.05, 0) is 37.2 Å². The first-order valence-corrected chi connectivity index (χ1v) is 6.03. The fraction of sp³-hybridized carbons (Fsp3) is 0.538. The fourth-order valence-corrected chi connectivity index (χ4v) is 2.03.